The number of carbonyl (C=O) groups excluding carboxylic acids is 1. The van der Waals surface area contributed by atoms with E-state index < -0.39 is 6.61 Å². The highest BCUT2D eigenvalue weighted by molar-refractivity contribution is 5.52. The third kappa shape index (κ3) is 2.64. The third-order valence-electron chi connectivity index (χ3n) is 1.55. The summed E-state index contributed by atoms with van der Waals surface area (Å²) < 4.78 is 27.9. The summed E-state index contributed by atoms with van der Waals surface area (Å²) in [6.07, 6.45) is 1.36. The second-order valence-corrected chi connectivity index (χ2v) is 2.53. The van der Waals surface area contributed by atoms with Gasteiger partial charge in [0.05, 0.1) is 5.69 Å². The Morgan fingerprint density at radius 3 is 2.71 bits per heavy atom. The summed E-state index contributed by atoms with van der Waals surface area (Å²) in [5.74, 6) is 0.0739. The third-order valence-corrected chi connectivity index (χ3v) is 1.55. The van der Waals surface area contributed by atoms with Gasteiger partial charge in [-0.25, -0.2) is 4.79 Å². The second kappa shape index (κ2) is 4.48. The van der Waals surface area contributed by atoms with Crippen molar-refractivity contribution in [2.24, 2.45) is 4.99 Å². The first-order valence-corrected chi connectivity index (χ1v) is 3.77. The Hall–Kier alpha value is -1.74. The molecule has 5 heteroatoms. The summed E-state index contributed by atoms with van der Waals surface area (Å²) in [6.45, 7) is -1.27. The van der Waals surface area contributed by atoms with E-state index in [1.54, 1.807) is 6.92 Å². The molecule has 0 bridgehead atoms. The van der Waals surface area contributed by atoms with Crippen molar-refractivity contribution in [3.8, 4) is 5.75 Å². The lowest BCUT2D eigenvalue weighted by Crippen LogP contribution is -2.02. The fourth-order valence-corrected chi connectivity index (χ4v) is 0.984. The van der Waals surface area contributed by atoms with Crippen LogP contribution in [0.2, 0.25) is 0 Å². The van der Waals surface area contributed by atoms with Gasteiger partial charge >= 0.3 is 6.61 Å². The molecule has 0 radical (unpaired) electrons. The fourth-order valence-electron chi connectivity index (χ4n) is 0.984. The van der Waals surface area contributed by atoms with Crippen molar-refractivity contribution in [1.29, 1.82) is 0 Å². The zero-order valence-corrected chi connectivity index (χ0v) is 7.33. The normalized spacial score (nSPS) is 9.71. The van der Waals surface area contributed by atoms with Crippen LogP contribution in [0.4, 0.5) is 14.5 Å². The quantitative estimate of drug-likeness (QED) is 0.554. The first-order chi connectivity index (χ1) is 6.63. The average Bonchev–Trinajstić information content (AvgIpc) is 2.10. The van der Waals surface area contributed by atoms with Crippen LogP contribution in [0.25, 0.3) is 0 Å². The molecular formula is C9H7F2NO2. The van der Waals surface area contributed by atoms with Crippen LogP contribution in [0.3, 0.4) is 0 Å². The maximum absolute atomic E-state index is 11.8. The minimum atomic E-state index is -2.85. The van der Waals surface area contributed by atoms with E-state index in [9.17, 15) is 13.6 Å². The molecular weight excluding hydrogens is 192 g/mol. The van der Waals surface area contributed by atoms with Crippen LogP contribution in [0.5, 0.6) is 5.75 Å². The van der Waals surface area contributed by atoms with Crippen molar-refractivity contribution in [1.82, 2.24) is 0 Å². The molecule has 0 heterocycles. The molecule has 0 N–H and O–H groups in total. The zero-order chi connectivity index (χ0) is 10.6. The monoisotopic (exact) mass is 199 g/mol. The Bertz CT molecular complexity index is 373. The van der Waals surface area contributed by atoms with Gasteiger partial charge in [-0.1, -0.05) is 0 Å². The van der Waals surface area contributed by atoms with Crippen molar-refractivity contribution >= 4 is 11.8 Å². The molecule has 0 aromatic heterocycles. The molecule has 3 nitrogen and oxygen atoms in total. The van der Waals surface area contributed by atoms with Crippen molar-refractivity contribution < 1.29 is 18.3 Å². The van der Waals surface area contributed by atoms with Gasteiger partial charge in [-0.15, -0.1) is 0 Å². The highest BCUT2D eigenvalue weighted by Crippen LogP contribution is 2.24. The first kappa shape index (κ1) is 10.3. The summed E-state index contributed by atoms with van der Waals surface area (Å²) in [4.78, 5) is 13.2. The zero-order valence-electron chi connectivity index (χ0n) is 7.33. The second-order valence-electron chi connectivity index (χ2n) is 2.53. The van der Waals surface area contributed by atoms with Gasteiger partial charge in [0.2, 0.25) is 6.08 Å². The lowest BCUT2D eigenvalue weighted by molar-refractivity contribution is -0.0502. The van der Waals surface area contributed by atoms with Gasteiger partial charge in [-0.3, -0.25) is 0 Å². The predicted octanol–water partition coefficient (Wildman–Crippen LogP) is 2.56. The summed E-state index contributed by atoms with van der Waals surface area (Å²) >= 11 is 0. The lowest BCUT2D eigenvalue weighted by Gasteiger charge is -2.07. The standard InChI is InChI=1S/C9H7F2NO2/c1-6-4-7(12-5-13)2-3-8(6)14-9(10)11/h2-4,9H,1H3. The van der Waals surface area contributed by atoms with Gasteiger partial charge in [0.15, 0.2) is 0 Å². The van der Waals surface area contributed by atoms with Gasteiger partial charge in [-0.05, 0) is 30.7 Å². The van der Waals surface area contributed by atoms with Gasteiger partial charge in [0, 0.05) is 0 Å². The van der Waals surface area contributed by atoms with E-state index in [2.05, 4.69) is 9.73 Å². The van der Waals surface area contributed by atoms with Crippen LogP contribution in [-0.4, -0.2) is 12.7 Å². The largest absolute Gasteiger partial charge is 0.435 e. The van der Waals surface area contributed by atoms with E-state index in [0.29, 0.717) is 11.3 Å². The van der Waals surface area contributed by atoms with Gasteiger partial charge < -0.3 is 4.74 Å². The SMILES string of the molecule is Cc1cc(N=C=O)ccc1OC(F)F. The van der Waals surface area contributed by atoms with E-state index in [1.807, 2.05) is 0 Å². The fraction of sp³-hybridized carbons (Fsp3) is 0.222. The molecule has 0 amide bonds. The molecule has 0 aliphatic carbocycles. The number of ether oxygens (including phenoxy) is 1. The molecule has 0 atom stereocenters. The summed E-state index contributed by atoms with van der Waals surface area (Å²) in [5, 5.41) is 0. The number of rotatable bonds is 3. The summed E-state index contributed by atoms with van der Waals surface area (Å²) in [6, 6.07) is 4.19. The molecule has 0 fully saturated rings. The Morgan fingerprint density at radius 1 is 1.50 bits per heavy atom. The van der Waals surface area contributed by atoms with Crippen LogP contribution >= 0.6 is 0 Å². The Balaban J connectivity index is 2.95. The number of hydrogen-bond acceptors (Lipinski definition) is 3. The van der Waals surface area contributed by atoms with Crippen molar-refractivity contribution in [2.75, 3.05) is 0 Å². The maximum Gasteiger partial charge on any atom is 0.387 e. The highest BCUT2D eigenvalue weighted by atomic mass is 19.3. The highest BCUT2D eigenvalue weighted by Gasteiger charge is 2.06. The molecule has 1 rings (SSSR count). The van der Waals surface area contributed by atoms with E-state index in [0.717, 1.165) is 0 Å². The Morgan fingerprint density at radius 2 is 2.21 bits per heavy atom. The molecule has 1 aromatic carbocycles. The van der Waals surface area contributed by atoms with Crippen molar-refractivity contribution in [3.05, 3.63) is 23.8 Å². The van der Waals surface area contributed by atoms with Gasteiger partial charge in [0.1, 0.15) is 5.75 Å². The number of aryl methyl sites for hydroxylation is 1. The number of hydrogen-bond donors (Lipinski definition) is 0. The minimum Gasteiger partial charge on any atom is -0.435 e. The van der Waals surface area contributed by atoms with Crippen LogP contribution < -0.4 is 4.74 Å². The molecule has 74 valence electrons. The van der Waals surface area contributed by atoms with E-state index in [4.69, 9.17) is 0 Å². The Labute approximate surface area is 79.0 Å². The number of aliphatic imine (C=N–C) groups is 1. The number of halogens is 2. The van der Waals surface area contributed by atoms with E-state index in [-0.39, 0.29) is 5.75 Å². The number of alkyl halides is 2. The maximum atomic E-state index is 11.8. The smallest absolute Gasteiger partial charge is 0.387 e. The summed E-state index contributed by atoms with van der Waals surface area (Å²) in [7, 11) is 0. The molecule has 0 aliphatic rings. The Kier molecular flexibility index (Phi) is 3.31. The molecule has 0 spiro atoms. The van der Waals surface area contributed by atoms with Crippen molar-refractivity contribution in [3.63, 3.8) is 0 Å². The molecule has 0 aliphatic heterocycles. The van der Waals surface area contributed by atoms with E-state index >= 15 is 0 Å². The van der Waals surface area contributed by atoms with Gasteiger partial charge in [-0.2, -0.15) is 13.8 Å². The predicted molar refractivity (Wildman–Crippen MR) is 45.6 cm³/mol. The minimum absolute atomic E-state index is 0.0739. The average molecular weight is 199 g/mol. The molecule has 1 aromatic rings. The van der Waals surface area contributed by atoms with Crippen LogP contribution in [0.15, 0.2) is 23.2 Å². The topological polar surface area (TPSA) is 38.7 Å². The molecule has 14 heavy (non-hydrogen) atoms. The van der Waals surface area contributed by atoms with Crippen LogP contribution in [0.1, 0.15) is 5.56 Å². The number of benzene rings is 1. The lowest BCUT2D eigenvalue weighted by atomic mass is 10.2. The van der Waals surface area contributed by atoms with E-state index in [1.165, 1.54) is 24.3 Å². The first-order valence-electron chi connectivity index (χ1n) is 3.77. The summed E-state index contributed by atoms with van der Waals surface area (Å²) in [5.41, 5.74) is 0.848. The number of isocyanates is 1. The van der Waals surface area contributed by atoms with Crippen molar-refractivity contribution in [2.45, 2.75) is 13.5 Å². The molecule has 0 unspecified atom stereocenters. The van der Waals surface area contributed by atoms with Crippen LogP contribution in [-0.2, 0) is 4.79 Å². The van der Waals surface area contributed by atoms with Gasteiger partial charge in [0.25, 0.3) is 0 Å². The molecule has 0 saturated carbocycles. The molecule has 0 saturated heterocycles. The van der Waals surface area contributed by atoms with Crippen LogP contribution in [0, 0.1) is 6.92 Å². The number of nitrogens with zero attached hydrogens (tertiary/aromatic N) is 1.